The van der Waals surface area contributed by atoms with Gasteiger partial charge in [0.25, 0.3) is 0 Å². The highest BCUT2D eigenvalue weighted by atomic mass is 19.4. The van der Waals surface area contributed by atoms with Crippen LogP contribution in [0.15, 0.2) is 0 Å². The van der Waals surface area contributed by atoms with E-state index in [2.05, 4.69) is 5.32 Å². The van der Waals surface area contributed by atoms with Gasteiger partial charge in [-0.15, -0.1) is 0 Å². The molecule has 1 fully saturated rings. The Morgan fingerprint density at radius 1 is 1.38 bits per heavy atom. The van der Waals surface area contributed by atoms with Crippen molar-refractivity contribution in [2.24, 2.45) is 5.41 Å². The van der Waals surface area contributed by atoms with E-state index in [0.717, 1.165) is 12.8 Å². The third-order valence-corrected chi connectivity index (χ3v) is 2.56. The fourth-order valence-electron chi connectivity index (χ4n) is 1.27. The minimum Gasteiger partial charge on any atom is -0.396 e. The first-order valence-electron chi connectivity index (χ1n) is 5.02. The monoisotopic (exact) mass is 240 g/mol. The highest BCUT2D eigenvalue weighted by molar-refractivity contribution is 5.78. The number of halogens is 3. The van der Waals surface area contributed by atoms with Crippen LogP contribution in [0.4, 0.5) is 13.2 Å². The molecule has 94 valence electrons. The van der Waals surface area contributed by atoms with Crippen molar-refractivity contribution in [3.05, 3.63) is 0 Å². The molecule has 1 amide bonds. The van der Waals surface area contributed by atoms with E-state index in [9.17, 15) is 18.0 Å². The van der Waals surface area contributed by atoms with Crippen LogP contribution in [0.1, 0.15) is 12.8 Å². The van der Waals surface area contributed by atoms with Gasteiger partial charge in [-0.1, -0.05) is 0 Å². The summed E-state index contributed by atoms with van der Waals surface area (Å²) in [5, 5.41) is 13.4. The third-order valence-electron chi connectivity index (χ3n) is 2.56. The average molecular weight is 240 g/mol. The SMILES string of the molecule is O=C(CNCC1(CO)CC1)NCC(F)(F)F. The van der Waals surface area contributed by atoms with Crippen LogP contribution in [0.2, 0.25) is 0 Å². The van der Waals surface area contributed by atoms with E-state index < -0.39 is 18.6 Å². The molecule has 1 aliphatic rings. The molecule has 0 atom stereocenters. The minimum absolute atomic E-state index is 0.0458. The zero-order chi connectivity index (χ0) is 12.2. The van der Waals surface area contributed by atoms with Crippen LogP contribution >= 0.6 is 0 Å². The Morgan fingerprint density at radius 2 is 2.00 bits per heavy atom. The molecule has 0 heterocycles. The molecule has 3 N–H and O–H groups in total. The molecule has 0 aromatic heterocycles. The van der Waals surface area contributed by atoms with Crippen molar-refractivity contribution in [2.75, 3.05) is 26.2 Å². The van der Waals surface area contributed by atoms with E-state index >= 15 is 0 Å². The van der Waals surface area contributed by atoms with Gasteiger partial charge in [0, 0.05) is 18.6 Å². The number of hydrogen-bond acceptors (Lipinski definition) is 3. The molecule has 0 saturated heterocycles. The number of alkyl halides is 3. The van der Waals surface area contributed by atoms with Gasteiger partial charge in [-0.3, -0.25) is 4.79 Å². The Balaban J connectivity index is 2.07. The molecule has 0 spiro atoms. The molecule has 0 aromatic carbocycles. The van der Waals surface area contributed by atoms with E-state index in [1.807, 2.05) is 0 Å². The number of amides is 1. The van der Waals surface area contributed by atoms with Crippen molar-refractivity contribution >= 4 is 5.91 Å². The minimum atomic E-state index is -4.38. The number of nitrogens with one attached hydrogen (secondary N) is 2. The first-order chi connectivity index (χ1) is 7.37. The van der Waals surface area contributed by atoms with Gasteiger partial charge in [0.15, 0.2) is 0 Å². The summed E-state index contributed by atoms with van der Waals surface area (Å²) < 4.78 is 35.2. The fraction of sp³-hybridized carbons (Fsp3) is 0.889. The lowest BCUT2D eigenvalue weighted by Gasteiger charge is -2.13. The molecule has 16 heavy (non-hydrogen) atoms. The summed E-state index contributed by atoms with van der Waals surface area (Å²) in [4.78, 5) is 10.9. The van der Waals surface area contributed by atoms with Gasteiger partial charge < -0.3 is 15.7 Å². The van der Waals surface area contributed by atoms with Crippen LogP contribution in [0.5, 0.6) is 0 Å². The molecule has 0 unspecified atom stereocenters. The predicted molar refractivity (Wildman–Crippen MR) is 50.7 cm³/mol. The van der Waals surface area contributed by atoms with Crippen molar-refractivity contribution < 1.29 is 23.1 Å². The summed E-state index contributed by atoms with van der Waals surface area (Å²) in [7, 11) is 0. The Bertz CT molecular complexity index is 252. The van der Waals surface area contributed by atoms with Crippen molar-refractivity contribution in [3.8, 4) is 0 Å². The van der Waals surface area contributed by atoms with Crippen molar-refractivity contribution in [1.29, 1.82) is 0 Å². The Morgan fingerprint density at radius 3 is 2.44 bits per heavy atom. The van der Waals surface area contributed by atoms with Crippen LogP contribution in [0.25, 0.3) is 0 Å². The van der Waals surface area contributed by atoms with Gasteiger partial charge in [0.2, 0.25) is 5.91 Å². The zero-order valence-electron chi connectivity index (χ0n) is 8.73. The lowest BCUT2D eigenvalue weighted by Crippen LogP contribution is -2.40. The van der Waals surface area contributed by atoms with E-state index in [4.69, 9.17) is 5.11 Å². The summed E-state index contributed by atoms with van der Waals surface area (Å²) in [6.07, 6.45) is -2.60. The second kappa shape index (κ2) is 5.01. The highest BCUT2D eigenvalue weighted by Crippen LogP contribution is 2.44. The number of carbonyl (C=O) groups is 1. The van der Waals surface area contributed by atoms with Crippen LogP contribution in [-0.4, -0.2) is 43.4 Å². The Hall–Kier alpha value is -0.820. The fourth-order valence-corrected chi connectivity index (χ4v) is 1.27. The van der Waals surface area contributed by atoms with Crippen LogP contribution < -0.4 is 10.6 Å². The zero-order valence-corrected chi connectivity index (χ0v) is 8.73. The lowest BCUT2D eigenvalue weighted by molar-refractivity contribution is -0.137. The number of carbonyl (C=O) groups excluding carboxylic acids is 1. The van der Waals surface area contributed by atoms with Crippen LogP contribution in [0.3, 0.4) is 0 Å². The van der Waals surface area contributed by atoms with Gasteiger partial charge in [-0.05, 0) is 12.8 Å². The molecule has 1 rings (SSSR count). The predicted octanol–water partition coefficient (Wildman–Crippen LogP) is 0.0270. The lowest BCUT2D eigenvalue weighted by atomic mass is 10.1. The quantitative estimate of drug-likeness (QED) is 0.613. The second-order valence-electron chi connectivity index (χ2n) is 4.15. The van der Waals surface area contributed by atoms with Gasteiger partial charge in [0.1, 0.15) is 6.54 Å². The smallest absolute Gasteiger partial charge is 0.396 e. The topological polar surface area (TPSA) is 61.4 Å². The van der Waals surface area contributed by atoms with E-state index in [1.165, 1.54) is 0 Å². The van der Waals surface area contributed by atoms with Crippen LogP contribution in [0, 0.1) is 5.41 Å². The summed E-state index contributed by atoms with van der Waals surface area (Å²) in [6, 6.07) is 0. The van der Waals surface area contributed by atoms with E-state index in [1.54, 1.807) is 5.32 Å². The summed E-state index contributed by atoms with van der Waals surface area (Å²) in [5.74, 6) is -0.689. The summed E-state index contributed by atoms with van der Waals surface area (Å²) >= 11 is 0. The molecule has 7 heteroatoms. The highest BCUT2D eigenvalue weighted by Gasteiger charge is 2.41. The van der Waals surface area contributed by atoms with Crippen molar-refractivity contribution in [3.63, 3.8) is 0 Å². The van der Waals surface area contributed by atoms with E-state index in [0.29, 0.717) is 6.54 Å². The Kier molecular flexibility index (Phi) is 4.15. The van der Waals surface area contributed by atoms with Gasteiger partial charge in [0.05, 0.1) is 6.54 Å². The molecule has 1 aliphatic carbocycles. The molecular formula is C9H15F3N2O2. The maximum atomic E-state index is 11.7. The molecule has 0 aromatic rings. The van der Waals surface area contributed by atoms with Crippen LogP contribution in [-0.2, 0) is 4.79 Å². The first-order valence-corrected chi connectivity index (χ1v) is 5.02. The number of aliphatic hydroxyl groups excluding tert-OH is 1. The van der Waals surface area contributed by atoms with Gasteiger partial charge in [-0.2, -0.15) is 13.2 Å². The maximum absolute atomic E-state index is 11.7. The van der Waals surface area contributed by atoms with E-state index in [-0.39, 0.29) is 18.6 Å². The van der Waals surface area contributed by atoms with Gasteiger partial charge >= 0.3 is 6.18 Å². The molecule has 4 nitrogen and oxygen atoms in total. The summed E-state index contributed by atoms with van der Waals surface area (Å²) in [6.45, 7) is -0.955. The third kappa shape index (κ3) is 4.80. The first kappa shape index (κ1) is 13.2. The maximum Gasteiger partial charge on any atom is 0.405 e. The largest absolute Gasteiger partial charge is 0.405 e. The number of hydrogen-bond donors (Lipinski definition) is 3. The normalized spacial score (nSPS) is 18.2. The molecular weight excluding hydrogens is 225 g/mol. The molecule has 1 saturated carbocycles. The van der Waals surface area contributed by atoms with Crippen molar-refractivity contribution in [2.45, 2.75) is 19.0 Å². The van der Waals surface area contributed by atoms with Gasteiger partial charge in [-0.25, -0.2) is 0 Å². The number of aliphatic hydroxyl groups is 1. The molecule has 0 radical (unpaired) electrons. The Labute approximate surface area is 91.2 Å². The van der Waals surface area contributed by atoms with Crippen molar-refractivity contribution in [1.82, 2.24) is 10.6 Å². The average Bonchev–Trinajstić information content (AvgIpc) is 2.95. The standard InChI is InChI=1S/C9H15F3N2O2/c10-9(11,12)5-14-7(16)3-13-4-8(6-15)1-2-8/h13,15H,1-6H2,(H,14,16). The second-order valence-corrected chi connectivity index (χ2v) is 4.15. The molecule has 0 bridgehead atoms. The summed E-state index contributed by atoms with van der Waals surface area (Å²) in [5.41, 5.74) is -0.149. The number of rotatable bonds is 6. The molecule has 0 aliphatic heterocycles.